The smallest absolute Gasteiger partial charge is 0.337 e. The van der Waals surface area contributed by atoms with E-state index in [4.69, 9.17) is 27.9 Å². The number of halogens is 2. The molecule has 2 atom stereocenters. The van der Waals surface area contributed by atoms with Gasteiger partial charge in [-0.2, -0.15) is 0 Å². The minimum absolute atomic E-state index is 0.182. The van der Waals surface area contributed by atoms with Gasteiger partial charge < -0.3 is 9.84 Å². The van der Waals surface area contributed by atoms with Gasteiger partial charge in [0.05, 0.1) is 15.6 Å². The van der Waals surface area contributed by atoms with Crippen LogP contribution in [0.3, 0.4) is 0 Å². The lowest BCUT2D eigenvalue weighted by molar-refractivity contribution is -0.150. The quantitative estimate of drug-likeness (QED) is 0.738. The lowest BCUT2D eigenvalue weighted by Crippen LogP contribution is -2.37. The summed E-state index contributed by atoms with van der Waals surface area (Å²) < 4.78 is 5.50. The zero-order valence-electron chi connectivity index (χ0n) is 15.3. The molecule has 0 aromatic heterocycles. The Labute approximate surface area is 162 Å². The second kappa shape index (κ2) is 7.41. The van der Waals surface area contributed by atoms with Crippen LogP contribution in [-0.2, 0) is 14.3 Å². The van der Waals surface area contributed by atoms with E-state index in [1.807, 2.05) is 0 Å². The third-order valence-corrected chi connectivity index (χ3v) is 4.86. The molecule has 0 saturated heterocycles. The number of nitrogens with zero attached hydrogens (tertiary/aromatic N) is 1. The van der Waals surface area contributed by atoms with Crippen LogP contribution in [0, 0.1) is 5.92 Å². The van der Waals surface area contributed by atoms with E-state index >= 15 is 0 Å². The molecule has 0 bridgehead atoms. The van der Waals surface area contributed by atoms with Crippen molar-refractivity contribution in [1.29, 1.82) is 0 Å². The third kappa shape index (κ3) is 4.10. The number of carboxylic acids is 1. The molecule has 0 fully saturated rings. The summed E-state index contributed by atoms with van der Waals surface area (Å²) in [7, 11) is 0. The minimum Gasteiger partial charge on any atom is -0.481 e. The van der Waals surface area contributed by atoms with Crippen molar-refractivity contribution in [3.8, 4) is 0 Å². The molecule has 1 aliphatic heterocycles. The van der Waals surface area contributed by atoms with Crippen LogP contribution in [0.4, 0.5) is 0 Å². The summed E-state index contributed by atoms with van der Waals surface area (Å²) >= 11 is 12.5. The van der Waals surface area contributed by atoms with Gasteiger partial charge in [0.15, 0.2) is 0 Å². The summed E-state index contributed by atoms with van der Waals surface area (Å²) in [6.45, 7) is 8.52. The number of aliphatic carboxylic acids is 1. The number of hydrogen-bond donors (Lipinski definition) is 1. The number of hydrogen-bond acceptors (Lipinski definition) is 4. The monoisotopic (exact) mass is 397 g/mol. The molecule has 5 nitrogen and oxygen atoms in total. The van der Waals surface area contributed by atoms with Crippen LogP contribution in [-0.4, -0.2) is 28.4 Å². The summed E-state index contributed by atoms with van der Waals surface area (Å²) in [6, 6.07) is 4.95. The normalized spacial score (nSPS) is 20.7. The Morgan fingerprint density at radius 1 is 1.19 bits per heavy atom. The number of ether oxygens (including phenoxy) is 1. The molecule has 7 heteroatoms. The lowest BCUT2D eigenvalue weighted by Gasteiger charge is -2.32. The average Bonchev–Trinajstić information content (AvgIpc) is 2.46. The zero-order chi connectivity index (χ0) is 19.8. The highest BCUT2D eigenvalue weighted by Gasteiger charge is 2.43. The predicted molar refractivity (Wildman–Crippen MR) is 102 cm³/mol. The molecule has 26 heavy (non-hydrogen) atoms. The van der Waals surface area contributed by atoms with E-state index in [2.05, 4.69) is 4.99 Å². The van der Waals surface area contributed by atoms with Crippen LogP contribution in [0.25, 0.3) is 0 Å². The molecule has 0 saturated carbocycles. The maximum absolute atomic E-state index is 12.9. The van der Waals surface area contributed by atoms with Gasteiger partial charge >= 0.3 is 11.9 Å². The Morgan fingerprint density at radius 3 is 2.35 bits per heavy atom. The van der Waals surface area contributed by atoms with Gasteiger partial charge in [-0.25, -0.2) is 4.79 Å². The predicted octanol–water partition coefficient (Wildman–Crippen LogP) is 4.87. The van der Waals surface area contributed by atoms with Gasteiger partial charge in [0, 0.05) is 17.3 Å². The maximum atomic E-state index is 12.9. The van der Waals surface area contributed by atoms with Crippen LogP contribution in [0.15, 0.2) is 34.5 Å². The second-order valence-electron chi connectivity index (χ2n) is 7.19. The van der Waals surface area contributed by atoms with Crippen molar-refractivity contribution >= 4 is 40.9 Å². The van der Waals surface area contributed by atoms with Gasteiger partial charge in [0.25, 0.3) is 0 Å². The Kier molecular flexibility index (Phi) is 5.83. The van der Waals surface area contributed by atoms with Crippen LogP contribution in [0.1, 0.15) is 46.1 Å². The van der Waals surface area contributed by atoms with E-state index in [0.29, 0.717) is 17.0 Å². The molecule has 0 amide bonds. The number of allylic oxidation sites excluding steroid dienone is 1. The van der Waals surface area contributed by atoms with Crippen molar-refractivity contribution in [2.24, 2.45) is 10.9 Å². The number of carbonyl (C=O) groups excluding carboxylic acids is 1. The summed E-state index contributed by atoms with van der Waals surface area (Å²) in [6.07, 6.45) is 0. The first-order valence-electron chi connectivity index (χ1n) is 8.10. The number of carbonyl (C=O) groups is 2. The molecule has 1 aliphatic rings. The van der Waals surface area contributed by atoms with E-state index in [9.17, 15) is 14.7 Å². The highest BCUT2D eigenvalue weighted by atomic mass is 35.5. The van der Waals surface area contributed by atoms with Gasteiger partial charge in [0.2, 0.25) is 0 Å². The van der Waals surface area contributed by atoms with Crippen LogP contribution in [0.5, 0.6) is 0 Å². The molecule has 140 valence electrons. The third-order valence-electron chi connectivity index (χ3n) is 4.03. The van der Waals surface area contributed by atoms with Gasteiger partial charge in [-0.1, -0.05) is 35.3 Å². The topological polar surface area (TPSA) is 76.0 Å². The molecule has 2 rings (SSSR count). The first-order valence-corrected chi connectivity index (χ1v) is 8.85. The Balaban J connectivity index is 2.71. The minimum atomic E-state index is -1.10. The van der Waals surface area contributed by atoms with E-state index < -0.39 is 29.4 Å². The molecule has 0 spiro atoms. The maximum Gasteiger partial charge on any atom is 0.337 e. The van der Waals surface area contributed by atoms with Crippen molar-refractivity contribution in [3.63, 3.8) is 0 Å². The first kappa shape index (κ1) is 20.5. The molecule has 1 N–H and O–H groups in total. The fourth-order valence-corrected chi connectivity index (χ4v) is 3.48. The number of carboxylic acid groups (broad SMARTS) is 1. The molecule has 2 unspecified atom stereocenters. The molecule has 1 aromatic rings. The van der Waals surface area contributed by atoms with Gasteiger partial charge in [-0.05, 0) is 46.2 Å². The lowest BCUT2D eigenvalue weighted by atomic mass is 9.75. The van der Waals surface area contributed by atoms with E-state index in [1.165, 1.54) is 0 Å². The summed E-state index contributed by atoms with van der Waals surface area (Å²) in [5.41, 5.74) is 0.712. The number of rotatable bonds is 3. The standard InChI is InChI=1S/C19H21Cl2NO4/c1-9-13(17(23)24)15(11-7-6-8-12(20)16(11)21)14(10(2)22-9)18(25)26-19(3,4)5/h6-8,13,15H,1-5H3,(H,23,24). The number of benzene rings is 1. The first-order chi connectivity index (χ1) is 11.9. The SMILES string of the molecule is CC1=NC(C)=C(C(=O)OC(C)(C)C)C(c2cccc(Cl)c2Cl)C1C(=O)O. The average molecular weight is 398 g/mol. The fourth-order valence-electron chi connectivity index (χ4n) is 3.05. The molecule has 0 aliphatic carbocycles. The highest BCUT2D eigenvalue weighted by Crippen LogP contribution is 2.44. The van der Waals surface area contributed by atoms with Gasteiger partial charge in [-0.3, -0.25) is 9.79 Å². The highest BCUT2D eigenvalue weighted by molar-refractivity contribution is 6.42. The molecular formula is C19H21Cl2NO4. The summed E-state index contributed by atoms with van der Waals surface area (Å²) in [5, 5.41) is 10.3. The summed E-state index contributed by atoms with van der Waals surface area (Å²) in [4.78, 5) is 29.1. The van der Waals surface area contributed by atoms with Crippen molar-refractivity contribution in [2.75, 3.05) is 0 Å². The fraction of sp³-hybridized carbons (Fsp3) is 0.421. The zero-order valence-corrected chi connectivity index (χ0v) is 16.8. The Morgan fingerprint density at radius 2 is 1.81 bits per heavy atom. The van der Waals surface area contributed by atoms with E-state index in [0.717, 1.165) is 0 Å². The molecule has 0 radical (unpaired) electrons. The van der Waals surface area contributed by atoms with Crippen molar-refractivity contribution < 1.29 is 19.4 Å². The molecular weight excluding hydrogens is 377 g/mol. The van der Waals surface area contributed by atoms with Crippen molar-refractivity contribution in [1.82, 2.24) is 0 Å². The van der Waals surface area contributed by atoms with Crippen LogP contribution in [0.2, 0.25) is 10.0 Å². The van der Waals surface area contributed by atoms with Crippen LogP contribution >= 0.6 is 23.2 Å². The second-order valence-corrected chi connectivity index (χ2v) is 7.98. The van der Waals surface area contributed by atoms with E-state index in [-0.39, 0.29) is 15.6 Å². The molecule has 1 aromatic carbocycles. The van der Waals surface area contributed by atoms with E-state index in [1.54, 1.807) is 52.8 Å². The largest absolute Gasteiger partial charge is 0.481 e. The number of aliphatic imine (C=N–C) groups is 1. The van der Waals surface area contributed by atoms with Crippen LogP contribution < -0.4 is 0 Å². The Bertz CT molecular complexity index is 821. The van der Waals surface area contributed by atoms with Gasteiger partial charge in [-0.15, -0.1) is 0 Å². The van der Waals surface area contributed by atoms with Crippen molar-refractivity contribution in [2.45, 2.75) is 46.1 Å². The Hall–Kier alpha value is -1.85. The van der Waals surface area contributed by atoms with Gasteiger partial charge in [0.1, 0.15) is 11.5 Å². The summed E-state index contributed by atoms with van der Waals surface area (Å²) in [5.74, 6) is -3.59. The number of esters is 1. The van der Waals surface area contributed by atoms with Crippen molar-refractivity contribution in [3.05, 3.63) is 45.1 Å². The molecule has 1 heterocycles.